The zero-order valence-electron chi connectivity index (χ0n) is 9.76. The van der Waals surface area contributed by atoms with Crippen molar-refractivity contribution in [1.29, 1.82) is 0 Å². The SMILES string of the molecule is O=C(Nc1cccc(Cl)n1)c1csc2ccccc12. The molecule has 1 N–H and O–H groups in total. The lowest BCUT2D eigenvalue weighted by atomic mass is 10.1. The number of pyridine rings is 1. The molecule has 5 heteroatoms. The molecule has 3 rings (SSSR count). The van der Waals surface area contributed by atoms with Crippen molar-refractivity contribution in [2.45, 2.75) is 0 Å². The number of fused-ring (bicyclic) bond motifs is 1. The fourth-order valence-corrected chi connectivity index (χ4v) is 2.92. The van der Waals surface area contributed by atoms with Gasteiger partial charge >= 0.3 is 0 Å². The number of halogens is 1. The molecule has 0 aliphatic heterocycles. The van der Waals surface area contributed by atoms with E-state index in [9.17, 15) is 4.79 Å². The molecule has 3 nitrogen and oxygen atoms in total. The van der Waals surface area contributed by atoms with E-state index < -0.39 is 0 Å². The van der Waals surface area contributed by atoms with Gasteiger partial charge in [0, 0.05) is 15.5 Å². The van der Waals surface area contributed by atoms with Crippen molar-refractivity contribution in [3.8, 4) is 0 Å². The molecule has 0 spiro atoms. The van der Waals surface area contributed by atoms with Gasteiger partial charge in [-0.3, -0.25) is 4.79 Å². The van der Waals surface area contributed by atoms with Crippen LogP contribution in [0.3, 0.4) is 0 Å². The van der Waals surface area contributed by atoms with Gasteiger partial charge in [-0.15, -0.1) is 11.3 Å². The number of thiophene rings is 1. The fraction of sp³-hybridized carbons (Fsp3) is 0. The third kappa shape index (κ3) is 2.45. The van der Waals surface area contributed by atoms with Crippen molar-refractivity contribution in [2.24, 2.45) is 0 Å². The van der Waals surface area contributed by atoms with Gasteiger partial charge in [-0.2, -0.15) is 0 Å². The van der Waals surface area contributed by atoms with Crippen LogP contribution in [0.15, 0.2) is 47.8 Å². The number of hydrogen-bond donors (Lipinski definition) is 1. The minimum atomic E-state index is -0.174. The summed E-state index contributed by atoms with van der Waals surface area (Å²) in [5.41, 5.74) is 0.655. The third-order valence-corrected chi connectivity index (χ3v) is 3.86. The number of carbonyl (C=O) groups excluding carboxylic acids is 1. The van der Waals surface area contributed by atoms with Gasteiger partial charge in [-0.25, -0.2) is 4.98 Å². The molecule has 0 aliphatic rings. The van der Waals surface area contributed by atoms with Crippen LogP contribution in [-0.4, -0.2) is 10.9 Å². The lowest BCUT2D eigenvalue weighted by molar-refractivity contribution is 0.102. The van der Waals surface area contributed by atoms with Crippen LogP contribution >= 0.6 is 22.9 Å². The van der Waals surface area contributed by atoms with Crippen LogP contribution < -0.4 is 5.32 Å². The molecule has 0 bridgehead atoms. The average molecular weight is 289 g/mol. The average Bonchev–Trinajstić information content (AvgIpc) is 2.82. The summed E-state index contributed by atoms with van der Waals surface area (Å²) < 4.78 is 1.09. The van der Waals surface area contributed by atoms with Crippen LogP contribution in [0.1, 0.15) is 10.4 Å². The summed E-state index contributed by atoms with van der Waals surface area (Å²) in [6, 6.07) is 12.9. The molecule has 0 saturated carbocycles. The molecule has 2 heterocycles. The van der Waals surface area contributed by atoms with Gasteiger partial charge in [0.25, 0.3) is 5.91 Å². The molecule has 0 fully saturated rings. The first-order valence-corrected chi connectivity index (χ1v) is 6.90. The van der Waals surface area contributed by atoms with Crippen LogP contribution in [0.25, 0.3) is 10.1 Å². The van der Waals surface area contributed by atoms with Crippen LogP contribution in [0.4, 0.5) is 5.82 Å². The number of benzene rings is 1. The molecular formula is C14H9ClN2OS. The van der Waals surface area contributed by atoms with Crippen LogP contribution in [0, 0.1) is 0 Å². The smallest absolute Gasteiger partial charge is 0.258 e. The first kappa shape index (κ1) is 12.1. The van der Waals surface area contributed by atoms with Crippen LogP contribution in [0.5, 0.6) is 0 Å². The summed E-state index contributed by atoms with van der Waals surface area (Å²) in [6.07, 6.45) is 0. The Morgan fingerprint density at radius 3 is 2.84 bits per heavy atom. The maximum absolute atomic E-state index is 12.2. The van der Waals surface area contributed by atoms with E-state index in [2.05, 4.69) is 10.3 Å². The predicted octanol–water partition coefficient (Wildman–Crippen LogP) is 4.20. The number of aromatic nitrogens is 1. The molecule has 94 valence electrons. The van der Waals surface area contributed by atoms with Crippen molar-refractivity contribution >= 4 is 44.7 Å². The molecular weight excluding hydrogens is 280 g/mol. The highest BCUT2D eigenvalue weighted by atomic mass is 35.5. The van der Waals surface area contributed by atoms with Gasteiger partial charge in [-0.1, -0.05) is 35.9 Å². The fourth-order valence-electron chi connectivity index (χ4n) is 1.82. The lowest BCUT2D eigenvalue weighted by Crippen LogP contribution is -2.12. The zero-order chi connectivity index (χ0) is 13.2. The molecule has 0 saturated heterocycles. The summed E-state index contributed by atoms with van der Waals surface area (Å²) in [5.74, 6) is 0.278. The van der Waals surface area contributed by atoms with Crippen LogP contribution in [-0.2, 0) is 0 Å². The second-order valence-corrected chi connectivity index (χ2v) is 5.24. The summed E-state index contributed by atoms with van der Waals surface area (Å²) >= 11 is 7.34. The summed E-state index contributed by atoms with van der Waals surface area (Å²) in [7, 11) is 0. The number of anilines is 1. The molecule has 1 aromatic carbocycles. The van der Waals surface area contributed by atoms with E-state index in [0.717, 1.165) is 10.1 Å². The van der Waals surface area contributed by atoms with E-state index >= 15 is 0 Å². The normalized spacial score (nSPS) is 10.6. The zero-order valence-corrected chi connectivity index (χ0v) is 11.3. The first-order valence-electron chi connectivity index (χ1n) is 5.64. The Kier molecular flexibility index (Phi) is 3.19. The minimum absolute atomic E-state index is 0.174. The summed E-state index contributed by atoms with van der Waals surface area (Å²) in [5, 5.41) is 5.91. The van der Waals surface area contributed by atoms with Gasteiger partial charge in [0.05, 0.1) is 5.56 Å². The molecule has 19 heavy (non-hydrogen) atoms. The standard InChI is InChI=1S/C14H9ClN2OS/c15-12-6-3-7-13(16-12)17-14(18)10-8-19-11-5-2-1-4-9(10)11/h1-8H,(H,16,17,18). The van der Waals surface area contributed by atoms with Crippen molar-refractivity contribution < 1.29 is 4.79 Å². The quantitative estimate of drug-likeness (QED) is 0.718. The predicted molar refractivity (Wildman–Crippen MR) is 79.0 cm³/mol. The van der Waals surface area contributed by atoms with Gasteiger partial charge in [0.15, 0.2) is 0 Å². The van der Waals surface area contributed by atoms with Gasteiger partial charge in [-0.05, 0) is 18.2 Å². The number of hydrogen-bond acceptors (Lipinski definition) is 3. The molecule has 0 radical (unpaired) electrons. The van der Waals surface area contributed by atoms with Gasteiger partial charge < -0.3 is 5.32 Å². The molecule has 3 aromatic rings. The largest absolute Gasteiger partial charge is 0.306 e. The van der Waals surface area contributed by atoms with E-state index in [1.807, 2.05) is 29.6 Å². The highest BCUT2D eigenvalue weighted by Crippen LogP contribution is 2.26. The molecule has 1 amide bonds. The molecule has 0 atom stereocenters. The van der Waals surface area contributed by atoms with Gasteiger partial charge in [0.1, 0.15) is 11.0 Å². The maximum atomic E-state index is 12.2. The lowest BCUT2D eigenvalue weighted by Gasteiger charge is -2.03. The van der Waals surface area contributed by atoms with Crippen molar-refractivity contribution in [2.75, 3.05) is 5.32 Å². The topological polar surface area (TPSA) is 42.0 Å². The van der Waals surface area contributed by atoms with E-state index in [4.69, 9.17) is 11.6 Å². The van der Waals surface area contributed by atoms with Crippen molar-refractivity contribution in [3.63, 3.8) is 0 Å². The first-order chi connectivity index (χ1) is 9.24. The van der Waals surface area contributed by atoms with E-state index in [1.165, 1.54) is 0 Å². The Labute approximate surface area is 118 Å². The van der Waals surface area contributed by atoms with Crippen molar-refractivity contribution in [3.05, 3.63) is 58.6 Å². The monoisotopic (exact) mass is 288 g/mol. The number of rotatable bonds is 2. The van der Waals surface area contributed by atoms with Crippen molar-refractivity contribution in [1.82, 2.24) is 4.98 Å². The molecule has 2 aromatic heterocycles. The third-order valence-electron chi connectivity index (χ3n) is 2.68. The number of nitrogens with one attached hydrogen (secondary N) is 1. The summed E-state index contributed by atoms with van der Waals surface area (Å²) in [4.78, 5) is 16.3. The Morgan fingerprint density at radius 2 is 2.00 bits per heavy atom. The highest BCUT2D eigenvalue weighted by molar-refractivity contribution is 7.17. The van der Waals surface area contributed by atoms with Gasteiger partial charge in [0.2, 0.25) is 0 Å². The number of amides is 1. The minimum Gasteiger partial charge on any atom is -0.306 e. The highest BCUT2D eigenvalue weighted by Gasteiger charge is 2.12. The molecule has 0 unspecified atom stereocenters. The van der Waals surface area contributed by atoms with E-state index in [0.29, 0.717) is 16.5 Å². The number of carbonyl (C=O) groups is 1. The Bertz CT molecular complexity index is 754. The maximum Gasteiger partial charge on any atom is 0.258 e. The van der Waals surface area contributed by atoms with E-state index in [-0.39, 0.29) is 5.91 Å². The molecule has 0 aliphatic carbocycles. The van der Waals surface area contributed by atoms with Crippen LogP contribution in [0.2, 0.25) is 5.15 Å². The Balaban J connectivity index is 1.92. The number of nitrogens with zero attached hydrogens (tertiary/aromatic N) is 1. The van der Waals surface area contributed by atoms with E-state index in [1.54, 1.807) is 29.5 Å². The second kappa shape index (κ2) is 4.99. The Hall–Kier alpha value is -1.91. The second-order valence-electron chi connectivity index (χ2n) is 3.95. The summed E-state index contributed by atoms with van der Waals surface area (Å²) in [6.45, 7) is 0. The Morgan fingerprint density at radius 1 is 1.16 bits per heavy atom.